The summed E-state index contributed by atoms with van der Waals surface area (Å²) in [5, 5.41) is 4.83. The van der Waals surface area contributed by atoms with Gasteiger partial charge in [-0.3, -0.25) is 0 Å². The fourth-order valence-electron chi connectivity index (χ4n) is 4.64. The maximum Gasteiger partial charge on any atom is 0.0687 e. The molecule has 5 rings (SSSR count). The summed E-state index contributed by atoms with van der Waals surface area (Å²) in [6.07, 6.45) is 2.03. The summed E-state index contributed by atoms with van der Waals surface area (Å²) in [6.45, 7) is 9.39. The van der Waals surface area contributed by atoms with Gasteiger partial charge in [-0.05, 0) is 28.3 Å². The maximum absolute atomic E-state index is 4.83. The van der Waals surface area contributed by atoms with Gasteiger partial charge in [0.1, 0.15) is 0 Å². The molecule has 1 aliphatic heterocycles. The highest BCUT2D eigenvalue weighted by molar-refractivity contribution is 5.74. The Hall–Kier alpha value is -3.13. The van der Waals surface area contributed by atoms with Gasteiger partial charge < -0.3 is 0 Å². The molecule has 0 radical (unpaired) electrons. The van der Waals surface area contributed by atoms with E-state index in [0.29, 0.717) is 0 Å². The lowest BCUT2D eigenvalue weighted by molar-refractivity contribution is 0.276. The van der Waals surface area contributed by atoms with Gasteiger partial charge in [-0.15, -0.1) is 0 Å². The highest BCUT2D eigenvalue weighted by Gasteiger charge is 2.48. The van der Waals surface area contributed by atoms with Crippen LogP contribution in [0.4, 0.5) is 0 Å². The molecule has 2 heterocycles. The maximum atomic E-state index is 4.83. The molecule has 0 aliphatic carbocycles. The lowest BCUT2D eigenvalue weighted by atomic mass is 9.59. The molecule has 0 N–H and O–H groups in total. The third-order valence-corrected chi connectivity index (χ3v) is 7.03. The number of hydrogen-bond acceptors (Lipinski definition) is 1. The Bertz CT molecular complexity index is 1180. The van der Waals surface area contributed by atoms with E-state index >= 15 is 0 Å². The van der Waals surface area contributed by atoms with Crippen LogP contribution in [0.1, 0.15) is 39.0 Å². The lowest BCUT2D eigenvalue weighted by Crippen LogP contribution is -2.46. The molecule has 4 aromatic rings. The number of para-hydroxylation sites is 1. The van der Waals surface area contributed by atoms with Crippen LogP contribution in [0.15, 0.2) is 85.1 Å². The number of benzene rings is 3. The minimum Gasteiger partial charge on any atom is -0.236 e. The highest BCUT2D eigenvalue weighted by atomic mass is 15.3. The number of hydrogen-bond donors (Lipinski definition) is 0. The van der Waals surface area contributed by atoms with E-state index < -0.39 is 0 Å². The van der Waals surface area contributed by atoms with E-state index in [9.17, 15) is 0 Å². The average Bonchev–Trinajstić information content (AvgIpc) is 3.20. The molecule has 0 atom stereocenters. The van der Waals surface area contributed by atoms with E-state index in [1.165, 1.54) is 39.2 Å². The second-order valence-corrected chi connectivity index (χ2v) is 9.03. The van der Waals surface area contributed by atoms with Crippen molar-refractivity contribution in [3.8, 4) is 27.9 Å². The Morgan fingerprint density at radius 2 is 1.21 bits per heavy atom. The minimum atomic E-state index is -0.0642. The van der Waals surface area contributed by atoms with Crippen molar-refractivity contribution in [1.29, 1.82) is 0 Å². The van der Waals surface area contributed by atoms with Crippen molar-refractivity contribution >= 4 is 0 Å². The largest absolute Gasteiger partial charge is 0.236 e. The van der Waals surface area contributed by atoms with Crippen molar-refractivity contribution in [2.24, 2.45) is 0 Å². The van der Waals surface area contributed by atoms with Gasteiger partial charge in [0, 0.05) is 16.4 Å². The molecule has 144 valence electrons. The first-order valence-electron chi connectivity index (χ1n) is 10.3. The zero-order valence-corrected chi connectivity index (χ0v) is 17.5. The van der Waals surface area contributed by atoms with Crippen molar-refractivity contribution in [1.82, 2.24) is 9.78 Å². The predicted molar refractivity (Wildman–Crippen MR) is 120 cm³/mol. The molecular weight excluding hydrogens is 352 g/mol. The van der Waals surface area contributed by atoms with Crippen LogP contribution >= 0.6 is 0 Å². The Kier molecular flexibility index (Phi) is 3.82. The molecule has 29 heavy (non-hydrogen) atoms. The first-order chi connectivity index (χ1) is 13.9. The van der Waals surface area contributed by atoms with Gasteiger partial charge in [-0.2, -0.15) is 5.10 Å². The van der Waals surface area contributed by atoms with E-state index in [1.54, 1.807) is 0 Å². The Morgan fingerprint density at radius 3 is 1.93 bits per heavy atom. The van der Waals surface area contributed by atoms with E-state index in [0.717, 1.165) is 0 Å². The number of nitrogens with zero attached hydrogens (tertiary/aromatic N) is 2. The van der Waals surface area contributed by atoms with E-state index in [4.69, 9.17) is 5.10 Å². The van der Waals surface area contributed by atoms with Crippen LogP contribution in [0.25, 0.3) is 27.9 Å². The van der Waals surface area contributed by atoms with Gasteiger partial charge in [-0.25, -0.2) is 4.68 Å². The zero-order valence-electron chi connectivity index (χ0n) is 17.5. The van der Waals surface area contributed by atoms with Crippen LogP contribution in [0.3, 0.4) is 0 Å². The van der Waals surface area contributed by atoms with E-state index in [1.807, 2.05) is 6.20 Å². The molecule has 0 bridgehead atoms. The third kappa shape index (κ3) is 2.52. The van der Waals surface area contributed by atoms with Crippen molar-refractivity contribution in [2.45, 2.75) is 38.5 Å². The monoisotopic (exact) mass is 378 g/mol. The van der Waals surface area contributed by atoms with Crippen LogP contribution in [0.2, 0.25) is 0 Å². The Labute approximate surface area is 172 Å². The van der Waals surface area contributed by atoms with Crippen molar-refractivity contribution in [3.05, 3.63) is 96.3 Å². The number of aromatic nitrogens is 2. The third-order valence-electron chi connectivity index (χ3n) is 7.03. The zero-order chi connectivity index (χ0) is 20.2. The molecule has 0 spiro atoms. The Balaban J connectivity index is 1.67. The molecule has 0 fully saturated rings. The van der Waals surface area contributed by atoms with E-state index in [2.05, 4.69) is 111 Å². The van der Waals surface area contributed by atoms with Crippen LogP contribution < -0.4 is 0 Å². The minimum absolute atomic E-state index is 0.00163. The van der Waals surface area contributed by atoms with Crippen LogP contribution in [-0.2, 0) is 10.8 Å². The number of fused-ring (bicyclic) bond motifs is 3. The summed E-state index contributed by atoms with van der Waals surface area (Å²) in [6, 6.07) is 28.1. The van der Waals surface area contributed by atoms with Gasteiger partial charge >= 0.3 is 0 Å². The second-order valence-electron chi connectivity index (χ2n) is 9.03. The predicted octanol–water partition coefficient (Wildman–Crippen LogP) is 6.78. The van der Waals surface area contributed by atoms with Gasteiger partial charge in [0.15, 0.2) is 0 Å². The van der Waals surface area contributed by atoms with Gasteiger partial charge in [0.05, 0.1) is 17.6 Å². The highest BCUT2D eigenvalue weighted by Crippen LogP contribution is 2.52. The standard InChI is InChI=1S/C27H26N2/c1-26(2)23-12-8-9-13-24(23)29-25(27(26,3)4)22(18-28-29)21-16-14-20(15-17-21)19-10-6-5-7-11-19/h5-18H,1-4H3. The van der Waals surface area contributed by atoms with Crippen LogP contribution in [0, 0.1) is 0 Å². The number of rotatable bonds is 2. The quantitative estimate of drug-likeness (QED) is 0.376. The molecule has 0 saturated carbocycles. The fraction of sp³-hybridized carbons (Fsp3) is 0.222. The van der Waals surface area contributed by atoms with Crippen LogP contribution in [-0.4, -0.2) is 9.78 Å². The molecule has 2 heteroatoms. The molecule has 0 saturated heterocycles. The smallest absolute Gasteiger partial charge is 0.0687 e. The van der Waals surface area contributed by atoms with Gasteiger partial charge in [-0.1, -0.05) is 100 Å². The summed E-state index contributed by atoms with van der Waals surface area (Å²) >= 11 is 0. The van der Waals surface area contributed by atoms with E-state index in [-0.39, 0.29) is 10.8 Å². The molecule has 2 nitrogen and oxygen atoms in total. The van der Waals surface area contributed by atoms with Crippen molar-refractivity contribution in [3.63, 3.8) is 0 Å². The van der Waals surface area contributed by atoms with Crippen molar-refractivity contribution < 1.29 is 0 Å². The lowest BCUT2D eigenvalue weighted by Gasteiger charge is -2.47. The second kappa shape index (κ2) is 6.18. The summed E-state index contributed by atoms with van der Waals surface area (Å²) in [4.78, 5) is 0. The average molecular weight is 379 g/mol. The summed E-state index contributed by atoms with van der Waals surface area (Å²) in [7, 11) is 0. The molecule has 1 aromatic heterocycles. The summed E-state index contributed by atoms with van der Waals surface area (Å²) in [5.74, 6) is 0. The summed E-state index contributed by atoms with van der Waals surface area (Å²) in [5.41, 5.74) is 8.68. The van der Waals surface area contributed by atoms with Crippen molar-refractivity contribution in [2.75, 3.05) is 0 Å². The first kappa shape index (κ1) is 17.9. The first-order valence-corrected chi connectivity index (χ1v) is 10.3. The molecule has 1 aliphatic rings. The molecule has 0 unspecified atom stereocenters. The molecule has 3 aromatic carbocycles. The van der Waals surface area contributed by atoms with Crippen LogP contribution in [0.5, 0.6) is 0 Å². The SMILES string of the molecule is CC1(C)c2ccccc2-n2ncc(-c3ccc(-c4ccccc4)cc3)c2C1(C)C. The normalized spacial score (nSPS) is 16.1. The fourth-order valence-corrected chi connectivity index (χ4v) is 4.64. The summed E-state index contributed by atoms with van der Waals surface area (Å²) < 4.78 is 2.15. The topological polar surface area (TPSA) is 17.8 Å². The molecule has 0 amide bonds. The van der Waals surface area contributed by atoms with Gasteiger partial charge in [0.25, 0.3) is 0 Å². The molecular formula is C27H26N2. The van der Waals surface area contributed by atoms with Gasteiger partial charge in [0.2, 0.25) is 0 Å². The Morgan fingerprint density at radius 1 is 0.621 bits per heavy atom.